The Morgan fingerprint density at radius 1 is 1.53 bits per heavy atom. The van der Waals surface area contributed by atoms with E-state index in [1.165, 1.54) is 0 Å². The zero-order valence-corrected chi connectivity index (χ0v) is 9.10. The Labute approximate surface area is 98.0 Å². The molecule has 2 heterocycles. The third-order valence-corrected chi connectivity index (χ3v) is 3.30. The van der Waals surface area contributed by atoms with Gasteiger partial charge in [-0.1, -0.05) is 6.07 Å². The number of amides is 1. The molecular weight excluding hydrogens is 220 g/mol. The van der Waals surface area contributed by atoms with E-state index in [0.717, 1.165) is 16.9 Å². The molecule has 0 bridgehead atoms. The molecule has 0 saturated carbocycles. The van der Waals surface area contributed by atoms with Crippen molar-refractivity contribution in [2.24, 2.45) is 0 Å². The first-order chi connectivity index (χ1) is 8.15. The highest BCUT2D eigenvalue weighted by atomic mass is 16.4. The van der Waals surface area contributed by atoms with Gasteiger partial charge in [0.2, 0.25) is 5.91 Å². The maximum atomic E-state index is 11.5. The van der Waals surface area contributed by atoms with Gasteiger partial charge in [-0.3, -0.25) is 4.79 Å². The van der Waals surface area contributed by atoms with E-state index < -0.39 is 5.97 Å². The van der Waals surface area contributed by atoms with Crippen molar-refractivity contribution < 1.29 is 14.7 Å². The zero-order valence-electron chi connectivity index (χ0n) is 9.10. The highest BCUT2D eigenvalue weighted by Crippen LogP contribution is 2.44. The van der Waals surface area contributed by atoms with Crippen LogP contribution in [0.5, 0.6) is 0 Å². The molecule has 0 aliphatic carbocycles. The van der Waals surface area contributed by atoms with Crippen LogP contribution in [0.15, 0.2) is 18.2 Å². The van der Waals surface area contributed by atoms with Gasteiger partial charge in [0.25, 0.3) is 0 Å². The van der Waals surface area contributed by atoms with Crippen LogP contribution in [0, 0.1) is 0 Å². The number of benzene rings is 1. The fourth-order valence-corrected chi connectivity index (χ4v) is 2.72. The fourth-order valence-electron chi connectivity index (χ4n) is 2.72. The molecule has 3 rings (SSSR count). The van der Waals surface area contributed by atoms with E-state index in [2.05, 4.69) is 5.32 Å². The number of carbonyl (C=O) groups is 2. The van der Waals surface area contributed by atoms with Crippen molar-refractivity contribution in [3.8, 4) is 0 Å². The number of hydrogen-bond donors (Lipinski definition) is 1. The summed E-state index contributed by atoms with van der Waals surface area (Å²) < 4.78 is 0. The SMILES string of the molecule is O=C([O-])CN1CC2CC(=O)Nc3cccc1c32. The Hall–Kier alpha value is -2.04. The van der Waals surface area contributed by atoms with Gasteiger partial charge in [-0.05, 0) is 12.1 Å². The van der Waals surface area contributed by atoms with Crippen molar-refractivity contribution in [2.45, 2.75) is 12.3 Å². The van der Waals surface area contributed by atoms with Crippen LogP contribution in [0.1, 0.15) is 17.9 Å². The molecule has 1 aromatic carbocycles. The van der Waals surface area contributed by atoms with Crippen LogP contribution in [0.3, 0.4) is 0 Å². The van der Waals surface area contributed by atoms with Crippen LogP contribution in [0.4, 0.5) is 11.4 Å². The number of anilines is 2. The van der Waals surface area contributed by atoms with Gasteiger partial charge in [0.15, 0.2) is 0 Å². The molecule has 5 nitrogen and oxygen atoms in total. The van der Waals surface area contributed by atoms with Crippen molar-refractivity contribution in [1.82, 2.24) is 0 Å². The number of rotatable bonds is 2. The van der Waals surface area contributed by atoms with Gasteiger partial charge in [0.1, 0.15) is 0 Å². The van der Waals surface area contributed by atoms with Crippen molar-refractivity contribution in [2.75, 3.05) is 23.3 Å². The standard InChI is InChI=1S/C12H12N2O3/c15-10-4-7-5-14(6-11(16)17)9-3-1-2-8(13-10)12(7)9/h1-3,7H,4-6H2,(H,13,15)(H,16,17)/p-1. The smallest absolute Gasteiger partial charge is 0.225 e. The van der Waals surface area contributed by atoms with Crippen LogP contribution in [-0.4, -0.2) is 25.0 Å². The summed E-state index contributed by atoms with van der Waals surface area (Å²) in [7, 11) is 0. The third kappa shape index (κ3) is 1.54. The van der Waals surface area contributed by atoms with Crippen LogP contribution < -0.4 is 15.3 Å². The molecule has 1 aromatic rings. The minimum Gasteiger partial charge on any atom is -0.548 e. The quantitative estimate of drug-likeness (QED) is 0.757. The van der Waals surface area contributed by atoms with Gasteiger partial charge in [0, 0.05) is 35.8 Å². The normalized spacial score (nSPS) is 21.1. The Bertz CT molecular complexity index is 512. The lowest BCUT2D eigenvalue weighted by Gasteiger charge is -2.20. The monoisotopic (exact) mass is 231 g/mol. The van der Waals surface area contributed by atoms with Gasteiger partial charge >= 0.3 is 0 Å². The van der Waals surface area contributed by atoms with Gasteiger partial charge in [-0.15, -0.1) is 0 Å². The van der Waals surface area contributed by atoms with Gasteiger partial charge < -0.3 is 20.1 Å². The average Bonchev–Trinajstić information content (AvgIpc) is 2.57. The van der Waals surface area contributed by atoms with Crippen LogP contribution >= 0.6 is 0 Å². The topological polar surface area (TPSA) is 72.5 Å². The summed E-state index contributed by atoms with van der Waals surface area (Å²) in [6.07, 6.45) is 0.424. The maximum Gasteiger partial charge on any atom is 0.225 e. The lowest BCUT2D eigenvalue weighted by molar-refractivity contribution is -0.303. The van der Waals surface area contributed by atoms with E-state index in [1.807, 2.05) is 18.2 Å². The molecule has 5 heteroatoms. The molecule has 2 aliphatic rings. The summed E-state index contributed by atoms with van der Waals surface area (Å²) in [6.45, 7) is 0.453. The van der Waals surface area contributed by atoms with E-state index in [9.17, 15) is 14.7 Å². The van der Waals surface area contributed by atoms with Gasteiger partial charge in [0.05, 0.1) is 12.5 Å². The second-order valence-electron chi connectivity index (χ2n) is 4.44. The van der Waals surface area contributed by atoms with Crippen molar-refractivity contribution in [3.63, 3.8) is 0 Å². The first-order valence-electron chi connectivity index (χ1n) is 5.52. The maximum absolute atomic E-state index is 11.5. The number of nitrogens with one attached hydrogen (secondary N) is 1. The molecular formula is C12H11N2O3-. The number of aliphatic carboxylic acids is 1. The molecule has 17 heavy (non-hydrogen) atoms. The Morgan fingerprint density at radius 2 is 2.35 bits per heavy atom. The van der Waals surface area contributed by atoms with Crippen LogP contribution in [-0.2, 0) is 9.59 Å². The first kappa shape index (κ1) is 10.1. The lowest BCUT2D eigenvalue weighted by Crippen LogP contribution is -2.37. The Kier molecular flexibility index (Phi) is 2.07. The van der Waals surface area contributed by atoms with Crippen molar-refractivity contribution in [1.29, 1.82) is 0 Å². The molecule has 1 N–H and O–H groups in total. The minimum atomic E-state index is -1.10. The summed E-state index contributed by atoms with van der Waals surface area (Å²) in [5, 5.41) is 13.5. The zero-order chi connectivity index (χ0) is 12.0. The average molecular weight is 231 g/mol. The molecule has 0 spiro atoms. The number of nitrogens with zero attached hydrogens (tertiary/aromatic N) is 1. The van der Waals surface area contributed by atoms with E-state index in [-0.39, 0.29) is 18.4 Å². The summed E-state index contributed by atoms with van der Waals surface area (Å²) in [5.41, 5.74) is 2.77. The van der Waals surface area contributed by atoms with E-state index in [4.69, 9.17) is 0 Å². The molecule has 88 valence electrons. The molecule has 0 aromatic heterocycles. The molecule has 1 atom stereocenters. The number of carboxylic acids is 1. The fraction of sp³-hybridized carbons (Fsp3) is 0.333. The highest BCUT2D eigenvalue weighted by molar-refractivity contribution is 5.97. The summed E-state index contributed by atoms with van der Waals surface area (Å²) >= 11 is 0. The van der Waals surface area contributed by atoms with E-state index >= 15 is 0 Å². The lowest BCUT2D eigenvalue weighted by atomic mass is 9.92. The summed E-state index contributed by atoms with van der Waals surface area (Å²) in [6, 6.07) is 5.56. The molecule has 1 unspecified atom stereocenters. The largest absolute Gasteiger partial charge is 0.548 e. The number of carbonyl (C=O) groups excluding carboxylic acids is 2. The van der Waals surface area contributed by atoms with Crippen LogP contribution in [0.2, 0.25) is 0 Å². The van der Waals surface area contributed by atoms with E-state index in [0.29, 0.717) is 13.0 Å². The molecule has 0 fully saturated rings. The van der Waals surface area contributed by atoms with Gasteiger partial charge in [-0.2, -0.15) is 0 Å². The van der Waals surface area contributed by atoms with Gasteiger partial charge in [-0.25, -0.2) is 0 Å². The van der Waals surface area contributed by atoms with Crippen molar-refractivity contribution >= 4 is 23.3 Å². The minimum absolute atomic E-state index is 0.00468. The predicted octanol–water partition coefficient (Wildman–Crippen LogP) is -0.318. The van der Waals surface area contributed by atoms with Crippen LogP contribution in [0.25, 0.3) is 0 Å². The first-order valence-corrected chi connectivity index (χ1v) is 5.52. The predicted molar refractivity (Wildman–Crippen MR) is 59.6 cm³/mol. The Morgan fingerprint density at radius 3 is 3.12 bits per heavy atom. The number of hydrogen-bond acceptors (Lipinski definition) is 4. The summed E-state index contributed by atoms with van der Waals surface area (Å²) in [4.78, 5) is 23.9. The third-order valence-electron chi connectivity index (χ3n) is 3.30. The Balaban J connectivity index is 2.03. The van der Waals surface area contributed by atoms with Crippen molar-refractivity contribution in [3.05, 3.63) is 23.8 Å². The van der Waals surface area contributed by atoms with E-state index in [1.54, 1.807) is 4.90 Å². The molecule has 1 amide bonds. The second kappa shape index (κ2) is 3.48. The molecule has 0 saturated heterocycles. The molecule has 0 radical (unpaired) electrons. The molecule has 2 aliphatic heterocycles. The number of carboxylic acid groups (broad SMARTS) is 1. The highest BCUT2D eigenvalue weighted by Gasteiger charge is 2.35. The summed E-state index contributed by atoms with van der Waals surface area (Å²) in [5.74, 6) is -0.996. The second-order valence-corrected chi connectivity index (χ2v) is 4.44.